The molecule has 1 aliphatic rings. The van der Waals surface area contributed by atoms with E-state index in [4.69, 9.17) is 5.11 Å². The Labute approximate surface area is 111 Å². The Balaban J connectivity index is 2.47. The normalized spacial score (nSPS) is 14.9. The lowest BCUT2D eigenvalue weighted by Crippen LogP contribution is -2.18. The average molecular weight is 308 g/mol. The minimum absolute atomic E-state index is 0.160. The Hall–Kier alpha value is -1.62. The highest BCUT2D eigenvalue weighted by atomic mass is 79.9. The number of aromatic carboxylic acids is 1. The van der Waals surface area contributed by atoms with Crippen molar-refractivity contribution in [2.24, 2.45) is 0 Å². The number of carbonyl (C=O) groups is 1. The van der Waals surface area contributed by atoms with Gasteiger partial charge in [0.15, 0.2) is 0 Å². The number of para-hydroxylation sites is 1. The number of pyridine rings is 1. The van der Waals surface area contributed by atoms with Crippen LogP contribution in [0, 0.1) is 0 Å². The number of fused-ring (bicyclic) bond motifs is 1. The molecule has 1 saturated carbocycles. The van der Waals surface area contributed by atoms with Crippen molar-refractivity contribution >= 4 is 32.8 Å². The zero-order valence-electron chi connectivity index (χ0n) is 9.39. The van der Waals surface area contributed by atoms with Crippen LogP contribution in [-0.2, 0) is 0 Å². The lowest BCUT2D eigenvalue weighted by Gasteiger charge is -2.12. The largest absolute Gasteiger partial charge is 0.477 e. The third-order valence-electron chi connectivity index (χ3n) is 3.17. The molecule has 0 spiro atoms. The summed E-state index contributed by atoms with van der Waals surface area (Å²) in [5.74, 6) is -1.17. The Morgan fingerprint density at radius 3 is 2.72 bits per heavy atom. The molecule has 0 aliphatic heterocycles. The quantitative estimate of drug-likeness (QED) is 0.928. The van der Waals surface area contributed by atoms with E-state index in [-0.39, 0.29) is 5.56 Å². The summed E-state index contributed by atoms with van der Waals surface area (Å²) < 4.78 is 2.73. The summed E-state index contributed by atoms with van der Waals surface area (Å²) >= 11 is 3.43. The molecule has 0 unspecified atom stereocenters. The highest BCUT2D eigenvalue weighted by Crippen LogP contribution is 2.38. The lowest BCUT2D eigenvalue weighted by atomic mass is 10.1. The lowest BCUT2D eigenvalue weighted by molar-refractivity contribution is 0.0695. The molecule has 18 heavy (non-hydrogen) atoms. The molecule has 92 valence electrons. The predicted molar refractivity (Wildman–Crippen MR) is 71.1 cm³/mol. The second-order valence-electron chi connectivity index (χ2n) is 4.45. The smallest absolute Gasteiger partial charge is 0.341 e. The summed E-state index contributed by atoms with van der Waals surface area (Å²) in [4.78, 5) is 23.2. The summed E-state index contributed by atoms with van der Waals surface area (Å²) in [5, 5.41) is 9.55. The molecule has 0 bridgehead atoms. The zero-order valence-corrected chi connectivity index (χ0v) is 11.0. The van der Waals surface area contributed by atoms with Gasteiger partial charge in [-0.15, -0.1) is 0 Å². The minimum atomic E-state index is -1.17. The van der Waals surface area contributed by atoms with Gasteiger partial charge in [0.2, 0.25) is 5.43 Å². The van der Waals surface area contributed by atoms with Crippen LogP contribution in [0.1, 0.15) is 29.2 Å². The van der Waals surface area contributed by atoms with E-state index in [0.29, 0.717) is 11.4 Å². The molecule has 3 rings (SSSR count). The van der Waals surface area contributed by atoms with Gasteiger partial charge in [0.05, 0.1) is 5.52 Å². The van der Waals surface area contributed by atoms with Crippen molar-refractivity contribution in [2.75, 3.05) is 0 Å². The second-order valence-corrected chi connectivity index (χ2v) is 5.31. The Morgan fingerprint density at radius 1 is 1.39 bits per heavy atom. The van der Waals surface area contributed by atoms with Crippen LogP contribution in [0.2, 0.25) is 0 Å². The molecule has 1 N–H and O–H groups in total. The van der Waals surface area contributed by atoms with Gasteiger partial charge in [-0.2, -0.15) is 0 Å². The fraction of sp³-hybridized carbons (Fsp3) is 0.231. The van der Waals surface area contributed by atoms with Gasteiger partial charge in [-0.25, -0.2) is 4.79 Å². The monoisotopic (exact) mass is 307 g/mol. The second kappa shape index (κ2) is 3.95. The van der Waals surface area contributed by atoms with Crippen LogP contribution in [0.3, 0.4) is 0 Å². The molecule has 0 radical (unpaired) electrons. The van der Waals surface area contributed by atoms with Crippen molar-refractivity contribution in [1.29, 1.82) is 0 Å². The van der Waals surface area contributed by atoms with Gasteiger partial charge in [-0.1, -0.05) is 6.07 Å². The van der Waals surface area contributed by atoms with E-state index in [1.807, 2.05) is 10.6 Å². The van der Waals surface area contributed by atoms with Crippen LogP contribution in [0.15, 0.2) is 33.7 Å². The van der Waals surface area contributed by atoms with Crippen LogP contribution < -0.4 is 5.43 Å². The number of halogens is 1. The fourth-order valence-corrected chi connectivity index (χ4v) is 2.73. The van der Waals surface area contributed by atoms with E-state index < -0.39 is 11.4 Å². The minimum Gasteiger partial charge on any atom is -0.477 e. The third-order valence-corrected chi connectivity index (χ3v) is 3.81. The van der Waals surface area contributed by atoms with Gasteiger partial charge in [0, 0.05) is 22.1 Å². The molecule has 0 atom stereocenters. The van der Waals surface area contributed by atoms with Crippen LogP contribution in [0.5, 0.6) is 0 Å². The number of hydrogen-bond acceptors (Lipinski definition) is 2. The van der Waals surface area contributed by atoms with Crippen molar-refractivity contribution in [3.05, 3.63) is 44.7 Å². The van der Waals surface area contributed by atoms with Crippen molar-refractivity contribution in [2.45, 2.75) is 18.9 Å². The maximum absolute atomic E-state index is 12.1. The highest BCUT2D eigenvalue weighted by molar-refractivity contribution is 9.10. The van der Waals surface area contributed by atoms with E-state index in [0.717, 1.165) is 22.8 Å². The van der Waals surface area contributed by atoms with E-state index in [1.54, 1.807) is 12.1 Å². The summed E-state index contributed by atoms with van der Waals surface area (Å²) in [5.41, 5.74) is 0.207. The third kappa shape index (κ3) is 1.66. The van der Waals surface area contributed by atoms with E-state index in [9.17, 15) is 9.59 Å². The van der Waals surface area contributed by atoms with Gasteiger partial charge in [-0.3, -0.25) is 4.79 Å². The molecule has 1 heterocycles. The molecule has 5 heteroatoms. The summed E-state index contributed by atoms with van der Waals surface area (Å²) in [6.45, 7) is 0. The molecule has 0 amide bonds. The summed E-state index contributed by atoms with van der Waals surface area (Å²) in [6, 6.07) is 5.59. The van der Waals surface area contributed by atoms with Gasteiger partial charge >= 0.3 is 5.97 Å². The van der Waals surface area contributed by atoms with Gasteiger partial charge < -0.3 is 9.67 Å². The van der Waals surface area contributed by atoms with Crippen LogP contribution in [0.25, 0.3) is 10.9 Å². The topological polar surface area (TPSA) is 59.3 Å². The first-order valence-corrected chi connectivity index (χ1v) is 6.45. The number of carboxylic acid groups (broad SMARTS) is 1. The number of nitrogens with zero attached hydrogens (tertiary/aromatic N) is 1. The van der Waals surface area contributed by atoms with E-state index >= 15 is 0 Å². The Kier molecular flexibility index (Phi) is 2.52. The van der Waals surface area contributed by atoms with Gasteiger partial charge in [-0.05, 0) is 40.9 Å². The Bertz CT molecular complexity index is 716. The van der Waals surface area contributed by atoms with Gasteiger partial charge in [0.1, 0.15) is 5.56 Å². The molecule has 0 saturated heterocycles. The number of aromatic nitrogens is 1. The van der Waals surface area contributed by atoms with Crippen LogP contribution in [0.4, 0.5) is 0 Å². The standard InChI is InChI=1S/C13H10BrNO3/c14-10-3-1-2-8-11(10)15(7-4-5-7)6-9(12(8)16)13(17)18/h1-3,6-7H,4-5H2,(H,17,18). The van der Waals surface area contributed by atoms with E-state index in [2.05, 4.69) is 15.9 Å². The molecular weight excluding hydrogens is 298 g/mol. The highest BCUT2D eigenvalue weighted by Gasteiger charge is 2.27. The van der Waals surface area contributed by atoms with E-state index in [1.165, 1.54) is 6.20 Å². The van der Waals surface area contributed by atoms with Crippen molar-refractivity contribution in [1.82, 2.24) is 4.57 Å². The summed E-state index contributed by atoms with van der Waals surface area (Å²) in [7, 11) is 0. The van der Waals surface area contributed by atoms with Crippen LogP contribution >= 0.6 is 15.9 Å². The predicted octanol–water partition coefficient (Wildman–Crippen LogP) is 2.80. The number of hydrogen-bond donors (Lipinski definition) is 1. The van der Waals surface area contributed by atoms with Crippen molar-refractivity contribution < 1.29 is 9.90 Å². The molecule has 1 aromatic carbocycles. The van der Waals surface area contributed by atoms with Crippen LogP contribution in [-0.4, -0.2) is 15.6 Å². The summed E-state index contributed by atoms with van der Waals surface area (Å²) in [6.07, 6.45) is 3.52. The molecule has 1 aromatic heterocycles. The van der Waals surface area contributed by atoms with Crippen molar-refractivity contribution in [3.63, 3.8) is 0 Å². The molecule has 1 aliphatic carbocycles. The first kappa shape index (κ1) is 11.5. The first-order valence-electron chi connectivity index (χ1n) is 5.66. The SMILES string of the molecule is O=C(O)c1cn(C2CC2)c2c(Br)cccc2c1=O. The van der Waals surface area contributed by atoms with Gasteiger partial charge in [0.25, 0.3) is 0 Å². The molecule has 4 nitrogen and oxygen atoms in total. The number of benzene rings is 1. The Morgan fingerprint density at radius 2 is 2.11 bits per heavy atom. The molecule has 1 fully saturated rings. The number of rotatable bonds is 2. The number of carboxylic acids is 1. The maximum atomic E-state index is 12.1. The maximum Gasteiger partial charge on any atom is 0.341 e. The average Bonchev–Trinajstić information content (AvgIpc) is 3.14. The molecule has 2 aromatic rings. The van der Waals surface area contributed by atoms with Crippen molar-refractivity contribution in [3.8, 4) is 0 Å². The fourth-order valence-electron chi connectivity index (χ4n) is 2.16. The molecular formula is C13H10BrNO3. The first-order chi connectivity index (χ1) is 8.59. The zero-order chi connectivity index (χ0) is 12.9.